The van der Waals surface area contributed by atoms with Crippen molar-refractivity contribution in [2.75, 3.05) is 24.6 Å². The molecule has 1 aliphatic heterocycles. The highest BCUT2D eigenvalue weighted by Gasteiger charge is 2.25. The van der Waals surface area contributed by atoms with Gasteiger partial charge in [0.2, 0.25) is 0 Å². The summed E-state index contributed by atoms with van der Waals surface area (Å²) in [5, 5.41) is 6.83. The van der Waals surface area contributed by atoms with Crippen molar-refractivity contribution in [2.45, 2.75) is 25.8 Å². The van der Waals surface area contributed by atoms with Gasteiger partial charge in [-0.05, 0) is 43.3 Å². The number of thiophene rings is 1. The van der Waals surface area contributed by atoms with E-state index in [0.29, 0.717) is 23.6 Å². The van der Waals surface area contributed by atoms with Crippen LogP contribution >= 0.6 is 11.3 Å². The van der Waals surface area contributed by atoms with Gasteiger partial charge in [-0.1, -0.05) is 0 Å². The van der Waals surface area contributed by atoms with E-state index in [2.05, 4.69) is 15.2 Å². The third-order valence-corrected chi connectivity index (χ3v) is 4.88. The molecule has 0 atom stereocenters. The first-order chi connectivity index (χ1) is 12.2. The number of carbonyl (C=O) groups is 2. The average molecular weight is 359 g/mol. The fourth-order valence-electron chi connectivity index (χ4n) is 2.92. The Morgan fingerprint density at radius 2 is 2.16 bits per heavy atom. The fraction of sp³-hybridized carbons (Fsp3) is 0.389. The molecule has 0 unspecified atom stereocenters. The summed E-state index contributed by atoms with van der Waals surface area (Å²) in [5.41, 5.74) is 1.20. The van der Waals surface area contributed by atoms with Gasteiger partial charge in [-0.25, -0.2) is 9.78 Å². The van der Waals surface area contributed by atoms with Crippen LogP contribution in [0.15, 0.2) is 35.2 Å². The minimum Gasteiger partial charge on any atom is -0.462 e. The van der Waals surface area contributed by atoms with Gasteiger partial charge in [0.1, 0.15) is 11.4 Å². The number of amides is 1. The van der Waals surface area contributed by atoms with E-state index >= 15 is 0 Å². The normalized spacial score (nSPS) is 15.0. The van der Waals surface area contributed by atoms with E-state index < -0.39 is 0 Å². The molecule has 1 aliphatic rings. The number of pyridine rings is 1. The van der Waals surface area contributed by atoms with E-state index in [1.807, 2.05) is 16.8 Å². The summed E-state index contributed by atoms with van der Waals surface area (Å²) in [6.45, 7) is 3.59. The van der Waals surface area contributed by atoms with Crippen LogP contribution in [0.5, 0.6) is 0 Å². The summed E-state index contributed by atoms with van der Waals surface area (Å²) in [6, 6.07) is 5.45. The molecular weight excluding hydrogens is 338 g/mol. The lowest BCUT2D eigenvalue weighted by Gasteiger charge is -2.33. The van der Waals surface area contributed by atoms with Gasteiger partial charge in [-0.15, -0.1) is 0 Å². The van der Waals surface area contributed by atoms with Crippen molar-refractivity contribution in [3.63, 3.8) is 0 Å². The van der Waals surface area contributed by atoms with Crippen LogP contribution in [-0.2, 0) is 4.74 Å². The van der Waals surface area contributed by atoms with Crippen LogP contribution in [0, 0.1) is 0 Å². The number of nitrogens with one attached hydrogen (secondary N) is 1. The van der Waals surface area contributed by atoms with Crippen molar-refractivity contribution < 1.29 is 14.3 Å². The van der Waals surface area contributed by atoms with Crippen molar-refractivity contribution in [2.24, 2.45) is 0 Å². The van der Waals surface area contributed by atoms with Crippen molar-refractivity contribution in [1.82, 2.24) is 10.3 Å². The number of hydrogen-bond acceptors (Lipinski definition) is 6. The van der Waals surface area contributed by atoms with Crippen LogP contribution in [0.25, 0.3) is 0 Å². The summed E-state index contributed by atoms with van der Waals surface area (Å²) in [5.74, 6) is 0.284. The molecule has 0 aliphatic carbocycles. The number of esters is 1. The van der Waals surface area contributed by atoms with E-state index in [1.54, 1.807) is 25.3 Å². The van der Waals surface area contributed by atoms with Crippen molar-refractivity contribution in [3.05, 3.63) is 46.3 Å². The van der Waals surface area contributed by atoms with E-state index in [-0.39, 0.29) is 17.9 Å². The lowest BCUT2D eigenvalue weighted by Crippen LogP contribution is -2.45. The number of ether oxygens (including phenoxy) is 1. The third kappa shape index (κ3) is 4.17. The second-order valence-corrected chi connectivity index (χ2v) is 6.62. The van der Waals surface area contributed by atoms with Crippen molar-refractivity contribution >= 4 is 29.0 Å². The maximum atomic E-state index is 12.1. The largest absolute Gasteiger partial charge is 0.462 e. The minimum absolute atomic E-state index is 0.0234. The summed E-state index contributed by atoms with van der Waals surface area (Å²) in [7, 11) is 0. The van der Waals surface area contributed by atoms with Gasteiger partial charge in [-0.3, -0.25) is 4.79 Å². The molecule has 1 amide bonds. The molecule has 1 fully saturated rings. The topological polar surface area (TPSA) is 71.5 Å². The Hall–Kier alpha value is -2.41. The zero-order chi connectivity index (χ0) is 17.6. The Balaban J connectivity index is 1.61. The van der Waals surface area contributed by atoms with E-state index in [1.165, 1.54) is 11.3 Å². The predicted molar refractivity (Wildman–Crippen MR) is 97.2 cm³/mol. The van der Waals surface area contributed by atoms with E-state index in [9.17, 15) is 9.59 Å². The highest BCUT2D eigenvalue weighted by atomic mass is 32.1. The molecule has 1 N–H and O–H groups in total. The number of piperidine rings is 1. The van der Waals surface area contributed by atoms with Crippen molar-refractivity contribution in [3.8, 4) is 0 Å². The van der Waals surface area contributed by atoms with Gasteiger partial charge in [-0.2, -0.15) is 11.3 Å². The molecular formula is C18H21N3O3S. The van der Waals surface area contributed by atoms with E-state index in [4.69, 9.17) is 4.74 Å². The summed E-state index contributed by atoms with van der Waals surface area (Å²) >= 11 is 1.51. The Morgan fingerprint density at radius 3 is 2.84 bits per heavy atom. The number of rotatable bonds is 5. The molecule has 7 heteroatoms. The molecule has 3 rings (SSSR count). The van der Waals surface area contributed by atoms with Gasteiger partial charge >= 0.3 is 5.97 Å². The molecule has 0 saturated carbocycles. The summed E-state index contributed by atoms with van der Waals surface area (Å²) in [6.07, 6.45) is 3.31. The fourth-order valence-corrected chi connectivity index (χ4v) is 3.55. The SMILES string of the molecule is CCOC(=O)c1cccnc1N1CCC(NC(=O)c2ccsc2)CC1. The van der Waals surface area contributed by atoms with Gasteiger partial charge in [0, 0.05) is 36.3 Å². The first kappa shape index (κ1) is 17.4. The van der Waals surface area contributed by atoms with Crippen LogP contribution in [0.4, 0.5) is 5.82 Å². The first-order valence-electron chi connectivity index (χ1n) is 8.39. The van der Waals surface area contributed by atoms with Gasteiger partial charge < -0.3 is 15.0 Å². The maximum Gasteiger partial charge on any atom is 0.341 e. The molecule has 2 aromatic heterocycles. The maximum absolute atomic E-state index is 12.1. The van der Waals surface area contributed by atoms with Gasteiger partial charge in [0.25, 0.3) is 5.91 Å². The van der Waals surface area contributed by atoms with Gasteiger partial charge in [0.15, 0.2) is 0 Å². The highest BCUT2D eigenvalue weighted by Crippen LogP contribution is 2.23. The Labute approximate surface area is 150 Å². The molecule has 0 aromatic carbocycles. The predicted octanol–water partition coefficient (Wildman–Crippen LogP) is 2.72. The lowest BCUT2D eigenvalue weighted by atomic mass is 10.0. The highest BCUT2D eigenvalue weighted by molar-refractivity contribution is 7.08. The monoisotopic (exact) mass is 359 g/mol. The Bertz CT molecular complexity index is 725. The van der Waals surface area contributed by atoms with Crippen LogP contribution in [-0.4, -0.2) is 42.6 Å². The molecule has 6 nitrogen and oxygen atoms in total. The molecule has 132 valence electrons. The number of aromatic nitrogens is 1. The average Bonchev–Trinajstić information content (AvgIpc) is 3.17. The van der Waals surface area contributed by atoms with Crippen LogP contribution in [0.2, 0.25) is 0 Å². The number of nitrogens with zero attached hydrogens (tertiary/aromatic N) is 2. The van der Waals surface area contributed by atoms with Crippen molar-refractivity contribution in [1.29, 1.82) is 0 Å². The quantitative estimate of drug-likeness (QED) is 0.831. The third-order valence-electron chi connectivity index (χ3n) is 4.20. The molecule has 0 spiro atoms. The van der Waals surface area contributed by atoms with Crippen LogP contribution in [0.3, 0.4) is 0 Å². The second kappa shape index (κ2) is 8.11. The van der Waals surface area contributed by atoms with Crippen LogP contribution in [0.1, 0.15) is 40.5 Å². The molecule has 3 heterocycles. The van der Waals surface area contributed by atoms with Crippen LogP contribution < -0.4 is 10.2 Å². The lowest BCUT2D eigenvalue weighted by molar-refractivity contribution is 0.0526. The Kier molecular flexibility index (Phi) is 5.65. The zero-order valence-electron chi connectivity index (χ0n) is 14.1. The summed E-state index contributed by atoms with van der Waals surface area (Å²) in [4.78, 5) is 30.7. The smallest absolute Gasteiger partial charge is 0.341 e. The molecule has 0 bridgehead atoms. The molecule has 1 saturated heterocycles. The zero-order valence-corrected chi connectivity index (χ0v) is 14.9. The Morgan fingerprint density at radius 1 is 1.36 bits per heavy atom. The molecule has 2 aromatic rings. The molecule has 25 heavy (non-hydrogen) atoms. The first-order valence-corrected chi connectivity index (χ1v) is 9.33. The second-order valence-electron chi connectivity index (χ2n) is 5.84. The standard InChI is InChI=1S/C18H21N3O3S/c1-2-24-18(23)15-4-3-8-19-16(15)21-9-5-14(6-10-21)20-17(22)13-7-11-25-12-13/h3-4,7-8,11-12,14H,2,5-6,9-10H2,1H3,(H,20,22). The number of hydrogen-bond donors (Lipinski definition) is 1. The molecule has 0 radical (unpaired) electrons. The van der Waals surface area contributed by atoms with E-state index in [0.717, 1.165) is 25.9 Å². The summed E-state index contributed by atoms with van der Waals surface area (Å²) < 4.78 is 5.11. The number of anilines is 1. The minimum atomic E-state index is -0.349. The van der Waals surface area contributed by atoms with Gasteiger partial charge in [0.05, 0.1) is 6.61 Å². The number of carbonyl (C=O) groups excluding carboxylic acids is 2.